The molecule has 1 aromatic rings. The van der Waals surface area contributed by atoms with Crippen LogP contribution >= 0.6 is 0 Å². The predicted molar refractivity (Wildman–Crippen MR) is 112 cm³/mol. The number of hydrogen-bond acceptors (Lipinski definition) is 5. The maximum Gasteiger partial charge on any atom is 0.331 e. The van der Waals surface area contributed by atoms with Crippen LogP contribution in [0.25, 0.3) is 6.08 Å². The Kier molecular flexibility index (Phi) is 8.40. The number of sulfonamides is 1. The molecule has 0 radical (unpaired) electrons. The van der Waals surface area contributed by atoms with Crippen molar-refractivity contribution in [1.82, 2.24) is 9.21 Å². The van der Waals surface area contributed by atoms with E-state index < -0.39 is 16.0 Å². The molecule has 1 aliphatic rings. The molecule has 0 atom stereocenters. The number of carbonyl (C=O) groups excluding carboxylic acids is 2. The van der Waals surface area contributed by atoms with Gasteiger partial charge in [0.25, 0.3) is 5.91 Å². The number of rotatable bonds is 8. The van der Waals surface area contributed by atoms with Crippen LogP contribution < -0.4 is 0 Å². The van der Waals surface area contributed by atoms with Crippen molar-refractivity contribution in [1.29, 1.82) is 0 Å². The molecule has 0 N–H and O–H groups in total. The molecule has 1 aliphatic heterocycles. The lowest BCUT2D eigenvalue weighted by atomic mass is 9.99. The average Bonchev–Trinajstić information content (AvgIpc) is 2.72. The molecule has 29 heavy (non-hydrogen) atoms. The van der Waals surface area contributed by atoms with Gasteiger partial charge in [-0.05, 0) is 42.5 Å². The monoisotopic (exact) mass is 422 g/mol. The zero-order chi connectivity index (χ0) is 21.4. The van der Waals surface area contributed by atoms with E-state index in [0.29, 0.717) is 37.7 Å². The van der Waals surface area contributed by atoms with E-state index >= 15 is 0 Å². The number of likely N-dealkylation sites (tertiary alicyclic amines) is 1. The van der Waals surface area contributed by atoms with Crippen molar-refractivity contribution in [3.05, 3.63) is 35.9 Å². The van der Waals surface area contributed by atoms with Crippen molar-refractivity contribution in [2.45, 2.75) is 38.5 Å². The second-order valence-electron chi connectivity index (χ2n) is 7.16. The van der Waals surface area contributed by atoms with Gasteiger partial charge >= 0.3 is 5.97 Å². The van der Waals surface area contributed by atoms with Gasteiger partial charge in [-0.15, -0.1) is 0 Å². The van der Waals surface area contributed by atoms with Crippen molar-refractivity contribution >= 4 is 28.0 Å². The summed E-state index contributed by atoms with van der Waals surface area (Å²) in [6, 6.07) is 6.28. The summed E-state index contributed by atoms with van der Waals surface area (Å²) >= 11 is 0. The highest BCUT2D eigenvalue weighted by atomic mass is 32.2. The molecule has 1 fully saturated rings. The first-order valence-corrected chi connectivity index (χ1v) is 11.4. The summed E-state index contributed by atoms with van der Waals surface area (Å²) in [5, 5.41) is 0. The molecule has 1 saturated heterocycles. The number of piperidine rings is 1. The third-order valence-electron chi connectivity index (χ3n) is 5.11. The van der Waals surface area contributed by atoms with Gasteiger partial charge in [0.05, 0.1) is 4.90 Å². The van der Waals surface area contributed by atoms with Gasteiger partial charge in [0.1, 0.15) is 0 Å². The van der Waals surface area contributed by atoms with Gasteiger partial charge in [0.15, 0.2) is 6.61 Å². The van der Waals surface area contributed by atoms with Gasteiger partial charge in [-0.3, -0.25) is 4.79 Å². The van der Waals surface area contributed by atoms with E-state index in [0.717, 1.165) is 12.8 Å². The topological polar surface area (TPSA) is 84.0 Å². The van der Waals surface area contributed by atoms with E-state index in [9.17, 15) is 18.0 Å². The third-order valence-corrected chi connectivity index (χ3v) is 7.17. The van der Waals surface area contributed by atoms with Crippen LogP contribution in [0.15, 0.2) is 35.2 Å². The lowest BCUT2D eigenvalue weighted by molar-refractivity contribution is -0.148. The Morgan fingerprint density at radius 1 is 1.14 bits per heavy atom. The number of amides is 1. The van der Waals surface area contributed by atoms with E-state index in [1.807, 2.05) is 0 Å². The predicted octanol–water partition coefficient (Wildman–Crippen LogP) is 2.53. The van der Waals surface area contributed by atoms with Gasteiger partial charge in [-0.2, -0.15) is 4.31 Å². The number of esters is 1. The number of benzene rings is 1. The minimum absolute atomic E-state index is 0.176. The molecule has 0 aromatic heterocycles. The summed E-state index contributed by atoms with van der Waals surface area (Å²) in [5.41, 5.74) is 0.664. The van der Waals surface area contributed by atoms with Gasteiger partial charge in [-0.1, -0.05) is 32.9 Å². The molecule has 1 heterocycles. The van der Waals surface area contributed by atoms with Gasteiger partial charge in [-0.25, -0.2) is 13.2 Å². The standard InChI is InChI=1S/C21H30N2O5S/c1-4-23(5-2)29(26,27)19-9-6-18(7-10-19)8-11-21(25)28-16-20(24)22-14-12-17(3)13-15-22/h6-11,17H,4-5,12-16H2,1-3H3/b11-8+. The molecule has 0 saturated carbocycles. The molecule has 2 rings (SSSR count). The summed E-state index contributed by atoms with van der Waals surface area (Å²) in [5.74, 6) is -0.161. The first-order chi connectivity index (χ1) is 13.8. The Labute approximate surface area is 173 Å². The highest BCUT2D eigenvalue weighted by molar-refractivity contribution is 7.89. The average molecular weight is 423 g/mol. The van der Waals surface area contributed by atoms with Crippen LogP contribution in [0, 0.1) is 5.92 Å². The fraction of sp³-hybridized carbons (Fsp3) is 0.524. The molecule has 7 nitrogen and oxygen atoms in total. The molecule has 0 unspecified atom stereocenters. The summed E-state index contributed by atoms with van der Waals surface area (Å²) < 4.78 is 31.3. The Balaban J connectivity index is 1.88. The van der Waals surface area contributed by atoms with Crippen molar-refractivity contribution in [3.63, 3.8) is 0 Å². The molecule has 0 spiro atoms. The fourth-order valence-electron chi connectivity index (χ4n) is 3.16. The molecule has 0 aliphatic carbocycles. The van der Waals surface area contributed by atoms with Crippen molar-refractivity contribution in [3.8, 4) is 0 Å². The van der Waals surface area contributed by atoms with E-state index in [1.165, 1.54) is 28.6 Å². The summed E-state index contributed by atoms with van der Waals surface area (Å²) in [6.07, 6.45) is 4.71. The lowest BCUT2D eigenvalue weighted by Gasteiger charge is -2.30. The zero-order valence-electron chi connectivity index (χ0n) is 17.3. The quantitative estimate of drug-likeness (QED) is 0.475. The zero-order valence-corrected chi connectivity index (χ0v) is 18.2. The minimum Gasteiger partial charge on any atom is -0.452 e. The van der Waals surface area contributed by atoms with Crippen molar-refractivity contribution in [2.75, 3.05) is 32.8 Å². The largest absolute Gasteiger partial charge is 0.452 e. The maximum atomic E-state index is 12.5. The maximum absolute atomic E-state index is 12.5. The highest BCUT2D eigenvalue weighted by Crippen LogP contribution is 2.17. The molecule has 1 aromatic carbocycles. The SMILES string of the molecule is CCN(CC)S(=O)(=O)c1ccc(/C=C/C(=O)OCC(=O)N2CCC(C)CC2)cc1. The first kappa shape index (κ1) is 23.1. The van der Waals surface area contributed by atoms with Crippen LogP contribution in [0.2, 0.25) is 0 Å². The third kappa shape index (κ3) is 6.40. The van der Waals surface area contributed by atoms with Gasteiger partial charge in [0.2, 0.25) is 10.0 Å². The van der Waals surface area contributed by atoms with Crippen LogP contribution in [-0.4, -0.2) is 62.3 Å². The normalized spacial score (nSPS) is 15.8. The van der Waals surface area contributed by atoms with Crippen LogP contribution in [-0.2, 0) is 24.3 Å². The second kappa shape index (κ2) is 10.5. The minimum atomic E-state index is -3.51. The van der Waals surface area contributed by atoms with E-state index in [1.54, 1.807) is 30.9 Å². The fourth-order valence-corrected chi connectivity index (χ4v) is 4.62. The van der Waals surface area contributed by atoms with Gasteiger partial charge in [0, 0.05) is 32.3 Å². The van der Waals surface area contributed by atoms with Crippen LogP contribution in [0.5, 0.6) is 0 Å². The first-order valence-electron chi connectivity index (χ1n) is 10.0. The Hall–Kier alpha value is -2.19. The van der Waals surface area contributed by atoms with Gasteiger partial charge < -0.3 is 9.64 Å². The number of hydrogen-bond donors (Lipinski definition) is 0. The van der Waals surface area contributed by atoms with E-state index in [4.69, 9.17) is 4.74 Å². The summed E-state index contributed by atoms with van der Waals surface area (Å²) in [7, 11) is -3.51. The molecular weight excluding hydrogens is 392 g/mol. The molecule has 0 bridgehead atoms. The van der Waals surface area contributed by atoms with Crippen molar-refractivity contribution < 1.29 is 22.7 Å². The Bertz CT molecular complexity index is 821. The van der Waals surface area contributed by atoms with Crippen LogP contribution in [0.4, 0.5) is 0 Å². The summed E-state index contributed by atoms with van der Waals surface area (Å²) in [6.45, 7) is 7.70. The number of nitrogens with zero attached hydrogens (tertiary/aromatic N) is 2. The number of ether oxygens (including phenoxy) is 1. The summed E-state index contributed by atoms with van der Waals surface area (Å²) in [4.78, 5) is 25.9. The Morgan fingerprint density at radius 3 is 2.28 bits per heavy atom. The van der Waals surface area contributed by atoms with Crippen LogP contribution in [0.3, 0.4) is 0 Å². The highest BCUT2D eigenvalue weighted by Gasteiger charge is 2.22. The second-order valence-corrected chi connectivity index (χ2v) is 9.10. The molecular formula is C21H30N2O5S. The molecule has 160 valence electrons. The van der Waals surface area contributed by atoms with E-state index in [2.05, 4.69) is 6.92 Å². The molecule has 1 amide bonds. The lowest BCUT2D eigenvalue weighted by Crippen LogP contribution is -2.40. The van der Waals surface area contributed by atoms with Crippen molar-refractivity contribution in [2.24, 2.45) is 5.92 Å². The molecule has 8 heteroatoms. The Morgan fingerprint density at radius 2 is 1.72 bits per heavy atom. The smallest absolute Gasteiger partial charge is 0.331 e. The van der Waals surface area contributed by atoms with Crippen LogP contribution in [0.1, 0.15) is 39.2 Å². The number of carbonyl (C=O) groups is 2. The van der Waals surface area contributed by atoms with E-state index in [-0.39, 0.29) is 17.4 Å².